The second kappa shape index (κ2) is 8.34. The van der Waals surface area contributed by atoms with E-state index in [1.54, 1.807) is 0 Å². The second-order valence-corrected chi connectivity index (χ2v) is 7.30. The molecule has 0 aromatic heterocycles. The summed E-state index contributed by atoms with van der Waals surface area (Å²) in [4.78, 5) is 38.6. The molecule has 4 amide bonds. The fourth-order valence-corrected chi connectivity index (χ4v) is 3.87. The number of nitrogens with one attached hydrogen (secondary N) is 2. The van der Waals surface area contributed by atoms with Gasteiger partial charge >= 0.3 is 6.03 Å². The van der Waals surface area contributed by atoms with Gasteiger partial charge in [-0.15, -0.1) is 0 Å². The van der Waals surface area contributed by atoms with Gasteiger partial charge in [0, 0.05) is 19.0 Å². The van der Waals surface area contributed by atoms with E-state index < -0.39 is 12.1 Å². The number of benzene rings is 1. The van der Waals surface area contributed by atoms with Crippen LogP contribution in [0.25, 0.3) is 0 Å². The van der Waals surface area contributed by atoms with Crippen molar-refractivity contribution in [3.05, 3.63) is 35.4 Å². The Labute approximate surface area is 154 Å². The van der Waals surface area contributed by atoms with Crippen LogP contribution in [0.3, 0.4) is 0 Å². The molecule has 0 unspecified atom stereocenters. The number of urea groups is 1. The van der Waals surface area contributed by atoms with Crippen LogP contribution in [0, 0.1) is 6.92 Å². The van der Waals surface area contributed by atoms with Gasteiger partial charge in [-0.2, -0.15) is 0 Å². The Kier molecular flexibility index (Phi) is 5.91. The minimum atomic E-state index is -0.646. The molecular formula is C20H27N3O3. The highest BCUT2D eigenvalue weighted by molar-refractivity contribution is 5.98. The van der Waals surface area contributed by atoms with Crippen LogP contribution < -0.4 is 10.6 Å². The van der Waals surface area contributed by atoms with Crippen LogP contribution in [0.5, 0.6) is 0 Å². The Bertz CT molecular complexity index is 683. The minimum Gasteiger partial charge on any atom is -0.334 e. The van der Waals surface area contributed by atoms with Gasteiger partial charge in [-0.3, -0.25) is 14.9 Å². The minimum absolute atomic E-state index is 0.0787. The number of carbonyl (C=O) groups is 3. The number of nitrogens with zero attached hydrogens (tertiary/aromatic N) is 1. The molecule has 26 heavy (non-hydrogen) atoms. The normalized spacial score (nSPS) is 21.5. The molecule has 1 saturated carbocycles. The third-order valence-corrected chi connectivity index (χ3v) is 5.42. The van der Waals surface area contributed by atoms with Gasteiger partial charge in [0.1, 0.15) is 6.04 Å². The first-order valence-electron chi connectivity index (χ1n) is 9.50. The largest absolute Gasteiger partial charge is 0.334 e. The first kappa shape index (κ1) is 18.4. The molecule has 1 heterocycles. The van der Waals surface area contributed by atoms with Crippen molar-refractivity contribution in [3.8, 4) is 0 Å². The highest BCUT2D eigenvalue weighted by atomic mass is 16.2. The molecule has 1 saturated heterocycles. The molecule has 6 nitrogen and oxygen atoms in total. The highest BCUT2D eigenvalue weighted by Gasteiger charge is 2.33. The van der Waals surface area contributed by atoms with E-state index in [1.807, 2.05) is 17.0 Å². The van der Waals surface area contributed by atoms with Crippen molar-refractivity contribution in [1.82, 2.24) is 15.5 Å². The van der Waals surface area contributed by atoms with Crippen LogP contribution in [-0.2, 0) is 16.1 Å². The molecule has 2 N–H and O–H groups in total. The Balaban J connectivity index is 1.81. The van der Waals surface area contributed by atoms with Crippen LogP contribution >= 0.6 is 0 Å². The number of hydrogen-bond acceptors (Lipinski definition) is 3. The molecule has 0 bridgehead atoms. The predicted molar refractivity (Wildman–Crippen MR) is 98.3 cm³/mol. The lowest BCUT2D eigenvalue weighted by Crippen LogP contribution is -2.52. The van der Waals surface area contributed by atoms with E-state index in [-0.39, 0.29) is 24.3 Å². The summed E-state index contributed by atoms with van der Waals surface area (Å²) >= 11 is 0. The zero-order valence-electron chi connectivity index (χ0n) is 15.3. The fraction of sp³-hybridized carbons (Fsp3) is 0.550. The van der Waals surface area contributed by atoms with Crippen molar-refractivity contribution in [2.75, 3.05) is 0 Å². The van der Waals surface area contributed by atoms with Crippen molar-refractivity contribution in [2.45, 2.75) is 70.5 Å². The zero-order chi connectivity index (χ0) is 18.5. The number of carbonyl (C=O) groups excluding carboxylic acids is 3. The van der Waals surface area contributed by atoms with Gasteiger partial charge in [-0.1, -0.05) is 43.5 Å². The van der Waals surface area contributed by atoms with E-state index >= 15 is 0 Å². The van der Waals surface area contributed by atoms with Crippen molar-refractivity contribution >= 4 is 17.8 Å². The summed E-state index contributed by atoms with van der Waals surface area (Å²) in [6, 6.07) is 7.05. The molecule has 0 radical (unpaired) electrons. The van der Waals surface area contributed by atoms with E-state index in [4.69, 9.17) is 0 Å². The first-order chi connectivity index (χ1) is 12.5. The molecule has 1 aliphatic heterocycles. The Morgan fingerprint density at radius 1 is 1.12 bits per heavy atom. The maximum absolute atomic E-state index is 13.3. The maximum atomic E-state index is 13.3. The first-order valence-corrected chi connectivity index (χ1v) is 9.50. The Morgan fingerprint density at radius 3 is 2.58 bits per heavy atom. The number of hydrogen-bond donors (Lipinski definition) is 2. The summed E-state index contributed by atoms with van der Waals surface area (Å²) in [6.07, 6.45) is 5.97. The summed E-state index contributed by atoms with van der Waals surface area (Å²) in [7, 11) is 0. The van der Waals surface area contributed by atoms with Gasteiger partial charge < -0.3 is 10.2 Å². The van der Waals surface area contributed by atoms with Gasteiger partial charge in [0.05, 0.1) is 0 Å². The fourth-order valence-electron chi connectivity index (χ4n) is 3.87. The predicted octanol–water partition coefficient (Wildman–Crippen LogP) is 2.64. The molecule has 0 spiro atoms. The van der Waals surface area contributed by atoms with Gasteiger partial charge in [-0.25, -0.2) is 4.79 Å². The Hall–Kier alpha value is -2.37. The summed E-state index contributed by atoms with van der Waals surface area (Å²) in [5, 5.41) is 4.91. The molecule has 1 aliphatic carbocycles. The molecule has 2 fully saturated rings. The van der Waals surface area contributed by atoms with E-state index in [2.05, 4.69) is 29.7 Å². The molecule has 1 aromatic rings. The van der Waals surface area contributed by atoms with E-state index in [0.29, 0.717) is 13.0 Å². The van der Waals surface area contributed by atoms with E-state index in [1.165, 1.54) is 6.42 Å². The summed E-state index contributed by atoms with van der Waals surface area (Å²) in [5.74, 6) is -0.411. The topological polar surface area (TPSA) is 78.5 Å². The maximum Gasteiger partial charge on any atom is 0.322 e. The lowest BCUT2D eigenvalue weighted by Gasteiger charge is -2.37. The van der Waals surface area contributed by atoms with Gasteiger partial charge in [0.2, 0.25) is 11.8 Å². The molecule has 140 valence electrons. The number of rotatable bonds is 4. The van der Waals surface area contributed by atoms with Crippen LogP contribution in [-0.4, -0.2) is 34.8 Å². The van der Waals surface area contributed by atoms with Crippen molar-refractivity contribution in [2.24, 2.45) is 0 Å². The SMILES string of the molecule is Cc1ccccc1CN(C(=O)[C@H]1CCC(=O)NC(=O)N1)C1CCCCC1. The van der Waals surface area contributed by atoms with Crippen LogP contribution in [0.15, 0.2) is 24.3 Å². The molecule has 6 heteroatoms. The lowest BCUT2D eigenvalue weighted by atomic mass is 9.92. The van der Waals surface area contributed by atoms with Crippen LogP contribution in [0.4, 0.5) is 4.79 Å². The highest BCUT2D eigenvalue weighted by Crippen LogP contribution is 2.26. The average Bonchev–Trinajstić information content (AvgIpc) is 2.81. The van der Waals surface area contributed by atoms with Gasteiger partial charge in [-0.05, 0) is 37.3 Å². The quantitative estimate of drug-likeness (QED) is 0.869. The van der Waals surface area contributed by atoms with E-state index in [0.717, 1.165) is 36.8 Å². The lowest BCUT2D eigenvalue weighted by molar-refractivity contribution is -0.137. The monoisotopic (exact) mass is 357 g/mol. The number of aryl methyl sites for hydroxylation is 1. The zero-order valence-corrected chi connectivity index (χ0v) is 15.3. The molecular weight excluding hydrogens is 330 g/mol. The number of amides is 4. The van der Waals surface area contributed by atoms with Gasteiger partial charge in [0.25, 0.3) is 0 Å². The molecule has 2 aliphatic rings. The summed E-state index contributed by atoms with van der Waals surface area (Å²) < 4.78 is 0. The average molecular weight is 357 g/mol. The van der Waals surface area contributed by atoms with Crippen molar-refractivity contribution < 1.29 is 14.4 Å². The summed E-state index contributed by atoms with van der Waals surface area (Å²) in [6.45, 7) is 2.60. The third kappa shape index (κ3) is 4.42. The second-order valence-electron chi connectivity index (χ2n) is 7.30. The standard InChI is InChI=1S/C20H27N3O3/c1-14-7-5-6-8-15(14)13-23(16-9-3-2-4-10-16)19(25)17-11-12-18(24)22-20(26)21-17/h5-8,16-17H,2-4,9-13H2,1H3,(H2,21,22,24,26)/t17-/m1/s1. The number of imide groups is 1. The van der Waals surface area contributed by atoms with Crippen molar-refractivity contribution in [3.63, 3.8) is 0 Å². The molecule has 1 atom stereocenters. The molecule has 1 aromatic carbocycles. The van der Waals surface area contributed by atoms with Crippen molar-refractivity contribution in [1.29, 1.82) is 0 Å². The van der Waals surface area contributed by atoms with Gasteiger partial charge in [0.15, 0.2) is 0 Å². The smallest absolute Gasteiger partial charge is 0.322 e. The molecule has 3 rings (SSSR count). The summed E-state index contributed by atoms with van der Waals surface area (Å²) in [5.41, 5.74) is 2.28. The third-order valence-electron chi connectivity index (χ3n) is 5.42. The van der Waals surface area contributed by atoms with E-state index in [9.17, 15) is 14.4 Å². The van der Waals surface area contributed by atoms with Crippen LogP contribution in [0.2, 0.25) is 0 Å². The van der Waals surface area contributed by atoms with Crippen LogP contribution in [0.1, 0.15) is 56.1 Å². The Morgan fingerprint density at radius 2 is 1.85 bits per heavy atom.